The molecule has 0 saturated heterocycles. The van der Waals surface area contributed by atoms with Crippen molar-refractivity contribution in [2.45, 2.75) is 355 Å². The van der Waals surface area contributed by atoms with Gasteiger partial charge in [-0.1, -0.05) is 286 Å². The van der Waals surface area contributed by atoms with Crippen molar-refractivity contribution in [1.29, 1.82) is 0 Å². The normalized spacial score (nSPS) is 14.5. The van der Waals surface area contributed by atoms with Crippen LogP contribution >= 0.6 is 15.6 Å². The van der Waals surface area contributed by atoms with Crippen LogP contribution in [0.3, 0.4) is 0 Å². The van der Waals surface area contributed by atoms with Gasteiger partial charge in [0, 0.05) is 25.7 Å². The molecule has 3 N–H and O–H groups in total. The fraction of sp³-hybridized carbons (Fsp3) is 0.940. The molecule has 0 saturated carbocycles. The fourth-order valence-electron chi connectivity index (χ4n) is 10.0. The minimum Gasteiger partial charge on any atom is -0.462 e. The molecule has 6 atom stereocenters. The first-order valence-electron chi connectivity index (χ1n) is 35.0. The monoisotopic (exact) mass is 1270 g/mol. The second-order valence-electron chi connectivity index (χ2n) is 24.9. The molecule has 0 aliphatic rings. The Morgan fingerprint density at radius 1 is 0.337 bits per heavy atom. The van der Waals surface area contributed by atoms with Gasteiger partial charge in [0.1, 0.15) is 19.3 Å². The number of hydrogen-bond donors (Lipinski definition) is 3. The van der Waals surface area contributed by atoms with E-state index in [1.165, 1.54) is 148 Å². The summed E-state index contributed by atoms with van der Waals surface area (Å²) in [5.41, 5.74) is 0. The highest BCUT2D eigenvalue weighted by Crippen LogP contribution is 2.45. The van der Waals surface area contributed by atoms with Crippen molar-refractivity contribution in [3.63, 3.8) is 0 Å². The summed E-state index contributed by atoms with van der Waals surface area (Å²) in [6, 6.07) is 0. The van der Waals surface area contributed by atoms with Crippen molar-refractivity contribution in [3.05, 3.63) is 0 Å². The molecular weight excluding hydrogens is 1140 g/mol. The molecule has 0 bridgehead atoms. The fourth-order valence-corrected chi connectivity index (χ4v) is 11.6. The van der Waals surface area contributed by atoms with E-state index in [-0.39, 0.29) is 25.7 Å². The van der Waals surface area contributed by atoms with Gasteiger partial charge < -0.3 is 33.8 Å². The van der Waals surface area contributed by atoms with E-state index >= 15 is 0 Å². The molecule has 510 valence electrons. The zero-order valence-corrected chi connectivity index (χ0v) is 57.4. The average molecular weight is 1270 g/mol. The third kappa shape index (κ3) is 59.7. The second kappa shape index (κ2) is 59.4. The van der Waals surface area contributed by atoms with E-state index in [1.54, 1.807) is 0 Å². The number of unbranched alkanes of at least 4 members (excludes halogenated alkanes) is 35. The number of ether oxygens (including phenoxy) is 4. The first-order chi connectivity index (χ1) is 41.4. The summed E-state index contributed by atoms with van der Waals surface area (Å²) in [5, 5.41) is 10.5. The van der Waals surface area contributed by atoms with Gasteiger partial charge in [-0.25, -0.2) is 9.13 Å². The lowest BCUT2D eigenvalue weighted by Crippen LogP contribution is -2.30. The SMILES string of the molecule is CCCCCCCCCCCCCCC(=O)OC[C@H](COP(=O)(O)OC[C@@H](O)COP(=O)(O)OC[C@@H](COC(=O)CCCCCCC)OC(=O)CCCCCCCCC(C)CC)OC(=O)CCCCCCCCCCCCCCCCCCC(C)C. The van der Waals surface area contributed by atoms with Gasteiger partial charge in [-0.2, -0.15) is 0 Å². The molecular formula is C67H130O17P2. The minimum absolute atomic E-state index is 0.102. The van der Waals surface area contributed by atoms with Crippen LogP contribution in [0.2, 0.25) is 0 Å². The summed E-state index contributed by atoms with van der Waals surface area (Å²) in [6.07, 6.45) is 43.5. The van der Waals surface area contributed by atoms with Crippen LogP contribution in [0.1, 0.15) is 337 Å². The van der Waals surface area contributed by atoms with Gasteiger partial charge in [-0.15, -0.1) is 0 Å². The predicted octanol–water partition coefficient (Wildman–Crippen LogP) is 18.8. The van der Waals surface area contributed by atoms with Crippen molar-refractivity contribution in [3.8, 4) is 0 Å². The van der Waals surface area contributed by atoms with Crippen LogP contribution < -0.4 is 0 Å². The second-order valence-corrected chi connectivity index (χ2v) is 27.8. The Morgan fingerprint density at radius 3 is 0.884 bits per heavy atom. The number of hydrogen-bond acceptors (Lipinski definition) is 15. The van der Waals surface area contributed by atoms with Gasteiger partial charge in [0.05, 0.1) is 26.4 Å². The molecule has 86 heavy (non-hydrogen) atoms. The maximum atomic E-state index is 13.0. The van der Waals surface area contributed by atoms with Crippen LogP contribution in [0.15, 0.2) is 0 Å². The van der Waals surface area contributed by atoms with Crippen LogP contribution in [-0.4, -0.2) is 96.7 Å². The zero-order chi connectivity index (χ0) is 63.6. The number of aliphatic hydroxyl groups is 1. The van der Waals surface area contributed by atoms with Crippen molar-refractivity contribution in [2.24, 2.45) is 11.8 Å². The van der Waals surface area contributed by atoms with E-state index in [2.05, 4.69) is 41.5 Å². The minimum atomic E-state index is -4.95. The van der Waals surface area contributed by atoms with E-state index in [0.29, 0.717) is 25.7 Å². The molecule has 0 aromatic carbocycles. The number of aliphatic hydroxyl groups excluding tert-OH is 1. The standard InChI is InChI=1S/C67H130O17P2/c1-7-10-12-14-15-16-17-25-28-31-38-44-50-65(70)78-56-63(83-66(71)51-45-39-32-29-26-23-21-19-18-20-22-24-27-30-36-41-47-59(4)5)58-82-86(75,76)80-54-61(68)53-79-85(73,74)81-57-62(55-77-64(69)49-43-35-13-11-8-2)84-67(72)52-46-40-34-33-37-42-48-60(6)9-3/h59-63,68H,7-58H2,1-6H3,(H,73,74)(H,75,76)/t60?,61-,62+,63+/m0/s1. The molecule has 0 aliphatic heterocycles. The molecule has 0 aromatic heterocycles. The topological polar surface area (TPSA) is 237 Å². The summed E-state index contributed by atoms with van der Waals surface area (Å²) in [6.45, 7) is 9.41. The molecule has 0 amide bonds. The first-order valence-corrected chi connectivity index (χ1v) is 38.0. The lowest BCUT2D eigenvalue weighted by atomic mass is 10.00. The Morgan fingerprint density at radius 2 is 0.593 bits per heavy atom. The van der Waals surface area contributed by atoms with Gasteiger partial charge in [0.25, 0.3) is 0 Å². The molecule has 3 unspecified atom stereocenters. The van der Waals surface area contributed by atoms with Crippen LogP contribution in [0.4, 0.5) is 0 Å². The van der Waals surface area contributed by atoms with Gasteiger partial charge in [0.2, 0.25) is 0 Å². The molecule has 0 aliphatic carbocycles. The van der Waals surface area contributed by atoms with Crippen molar-refractivity contribution >= 4 is 39.5 Å². The molecule has 0 fully saturated rings. The summed E-state index contributed by atoms with van der Waals surface area (Å²) >= 11 is 0. The lowest BCUT2D eigenvalue weighted by Gasteiger charge is -2.21. The summed E-state index contributed by atoms with van der Waals surface area (Å²) < 4.78 is 67.9. The highest BCUT2D eigenvalue weighted by molar-refractivity contribution is 7.47. The van der Waals surface area contributed by atoms with Crippen molar-refractivity contribution < 1.29 is 80.2 Å². The molecule has 17 nitrogen and oxygen atoms in total. The van der Waals surface area contributed by atoms with E-state index in [0.717, 1.165) is 108 Å². The quantitative estimate of drug-likeness (QED) is 0.0222. The van der Waals surface area contributed by atoms with E-state index in [9.17, 15) is 43.2 Å². The molecule has 19 heteroatoms. The first kappa shape index (κ1) is 84.1. The maximum Gasteiger partial charge on any atom is 0.472 e. The van der Waals surface area contributed by atoms with Crippen LogP contribution in [0.25, 0.3) is 0 Å². The maximum absolute atomic E-state index is 13.0. The zero-order valence-electron chi connectivity index (χ0n) is 55.6. The molecule has 0 aromatic rings. The Labute approximate surface area is 524 Å². The number of carbonyl (C=O) groups is 4. The summed E-state index contributed by atoms with van der Waals surface area (Å²) in [5.74, 6) is -0.612. The third-order valence-corrected chi connectivity index (χ3v) is 17.7. The van der Waals surface area contributed by atoms with Gasteiger partial charge in [0.15, 0.2) is 12.2 Å². The Kier molecular flexibility index (Phi) is 58.0. The van der Waals surface area contributed by atoms with Crippen molar-refractivity contribution in [2.75, 3.05) is 39.6 Å². The Hall–Kier alpha value is -1.94. The highest BCUT2D eigenvalue weighted by atomic mass is 31.2. The van der Waals surface area contributed by atoms with Gasteiger partial charge >= 0.3 is 39.5 Å². The summed E-state index contributed by atoms with van der Waals surface area (Å²) in [4.78, 5) is 72.1. The highest BCUT2D eigenvalue weighted by Gasteiger charge is 2.30. The lowest BCUT2D eigenvalue weighted by molar-refractivity contribution is -0.161. The van der Waals surface area contributed by atoms with E-state index in [1.807, 2.05) is 0 Å². The number of phosphoric ester groups is 2. The van der Waals surface area contributed by atoms with Crippen LogP contribution in [-0.2, 0) is 65.4 Å². The predicted molar refractivity (Wildman–Crippen MR) is 345 cm³/mol. The molecule has 0 heterocycles. The van der Waals surface area contributed by atoms with Crippen molar-refractivity contribution in [1.82, 2.24) is 0 Å². The smallest absolute Gasteiger partial charge is 0.462 e. The third-order valence-electron chi connectivity index (χ3n) is 15.8. The Bertz CT molecular complexity index is 1690. The van der Waals surface area contributed by atoms with Crippen LogP contribution in [0, 0.1) is 11.8 Å². The van der Waals surface area contributed by atoms with E-state index < -0.39 is 97.5 Å². The van der Waals surface area contributed by atoms with Crippen LogP contribution in [0.5, 0.6) is 0 Å². The van der Waals surface area contributed by atoms with E-state index in [4.69, 9.17) is 37.0 Å². The number of carbonyl (C=O) groups excluding carboxylic acids is 4. The molecule has 0 rings (SSSR count). The largest absolute Gasteiger partial charge is 0.472 e. The number of rotatable bonds is 66. The average Bonchev–Trinajstić information content (AvgIpc) is 3.51. The van der Waals surface area contributed by atoms with Gasteiger partial charge in [-0.05, 0) is 37.5 Å². The number of phosphoric acid groups is 2. The molecule has 0 spiro atoms. The Balaban J connectivity index is 5.14. The van der Waals surface area contributed by atoms with Gasteiger partial charge in [-0.3, -0.25) is 37.3 Å². The number of esters is 4. The summed E-state index contributed by atoms with van der Waals surface area (Å²) in [7, 11) is -9.88. The molecule has 0 radical (unpaired) electrons.